The van der Waals surface area contributed by atoms with Gasteiger partial charge >= 0.3 is 0 Å². The van der Waals surface area contributed by atoms with Crippen molar-refractivity contribution in [3.05, 3.63) is 30.6 Å². The third-order valence-electron chi connectivity index (χ3n) is 4.93. The lowest BCUT2D eigenvalue weighted by molar-refractivity contribution is -0.114. The van der Waals surface area contributed by atoms with Gasteiger partial charge in [-0.25, -0.2) is 23.1 Å². The van der Waals surface area contributed by atoms with Gasteiger partial charge in [-0.3, -0.25) is 4.79 Å². The van der Waals surface area contributed by atoms with E-state index in [0.29, 0.717) is 55.4 Å². The van der Waals surface area contributed by atoms with E-state index in [1.54, 1.807) is 16.8 Å². The smallest absolute Gasteiger partial charge is 0.243 e. The maximum Gasteiger partial charge on any atom is 0.243 e. The van der Waals surface area contributed by atoms with Crippen molar-refractivity contribution in [2.75, 3.05) is 36.4 Å². The Labute approximate surface area is 173 Å². The number of fused-ring (bicyclic) bond motifs is 1. The largest absolute Gasteiger partial charge is 0.352 e. The van der Waals surface area contributed by atoms with Crippen LogP contribution in [0.25, 0.3) is 11.2 Å². The summed E-state index contributed by atoms with van der Waals surface area (Å²) < 4.78 is 29.1. The van der Waals surface area contributed by atoms with Gasteiger partial charge in [0, 0.05) is 45.3 Å². The molecule has 1 amide bonds. The molecule has 0 saturated carbocycles. The topological polar surface area (TPSA) is 126 Å². The minimum absolute atomic E-state index is 0.195. The average molecular weight is 430 g/mol. The van der Waals surface area contributed by atoms with Crippen LogP contribution in [0.2, 0.25) is 0 Å². The van der Waals surface area contributed by atoms with E-state index >= 15 is 0 Å². The Balaban J connectivity index is 1.49. The molecule has 3 heterocycles. The van der Waals surface area contributed by atoms with Crippen molar-refractivity contribution in [3.8, 4) is 0 Å². The zero-order valence-electron chi connectivity index (χ0n) is 16.7. The minimum Gasteiger partial charge on any atom is -0.352 e. The summed E-state index contributed by atoms with van der Waals surface area (Å²) in [6.45, 7) is 5.62. The Hall–Kier alpha value is -3.12. The molecular weight excluding hydrogens is 408 g/mol. The predicted octanol–water partition coefficient (Wildman–Crippen LogP) is 0.710. The molecule has 1 N–H and O–H groups in total. The third-order valence-corrected chi connectivity index (χ3v) is 6.84. The monoisotopic (exact) mass is 430 g/mol. The van der Waals surface area contributed by atoms with Crippen LogP contribution >= 0.6 is 0 Å². The molecule has 0 bridgehead atoms. The van der Waals surface area contributed by atoms with Gasteiger partial charge in [-0.2, -0.15) is 4.31 Å². The number of piperazine rings is 1. The summed E-state index contributed by atoms with van der Waals surface area (Å²) in [7, 11) is -3.63. The van der Waals surface area contributed by atoms with E-state index in [2.05, 4.69) is 25.6 Å². The lowest BCUT2D eigenvalue weighted by Gasteiger charge is -2.34. The number of aromatic nitrogens is 5. The lowest BCUT2D eigenvalue weighted by atomic mass is 10.3. The lowest BCUT2D eigenvalue weighted by Crippen LogP contribution is -2.49. The highest BCUT2D eigenvalue weighted by atomic mass is 32.2. The molecule has 12 heteroatoms. The molecule has 158 valence electrons. The highest BCUT2D eigenvalue weighted by Crippen LogP contribution is 2.24. The molecule has 1 fully saturated rings. The molecule has 0 aliphatic carbocycles. The number of hydrogen-bond donors (Lipinski definition) is 1. The van der Waals surface area contributed by atoms with Gasteiger partial charge in [0.2, 0.25) is 15.9 Å². The van der Waals surface area contributed by atoms with Gasteiger partial charge in [0.15, 0.2) is 17.0 Å². The number of carbonyl (C=O) groups is 1. The van der Waals surface area contributed by atoms with Crippen LogP contribution < -0.4 is 10.2 Å². The number of rotatable bonds is 5. The average Bonchev–Trinajstić information content (AvgIpc) is 3.17. The molecule has 4 rings (SSSR count). The Kier molecular flexibility index (Phi) is 5.35. The predicted molar refractivity (Wildman–Crippen MR) is 111 cm³/mol. The summed E-state index contributed by atoms with van der Waals surface area (Å²) in [4.78, 5) is 21.9. The minimum atomic E-state index is -3.63. The molecular formula is C18H22N8O3S. The summed E-state index contributed by atoms with van der Waals surface area (Å²) in [6.07, 6.45) is 1.48. The number of carbonyl (C=O) groups excluding carboxylic acids is 1. The number of nitrogens with one attached hydrogen (secondary N) is 1. The van der Waals surface area contributed by atoms with Crippen LogP contribution in [0.4, 0.5) is 11.5 Å². The van der Waals surface area contributed by atoms with Gasteiger partial charge in [0.25, 0.3) is 0 Å². The first kappa shape index (κ1) is 20.2. The maximum absolute atomic E-state index is 13.0. The van der Waals surface area contributed by atoms with E-state index < -0.39 is 10.0 Å². The molecule has 0 spiro atoms. The van der Waals surface area contributed by atoms with Crippen LogP contribution in [-0.4, -0.2) is 69.8 Å². The fourth-order valence-corrected chi connectivity index (χ4v) is 4.85. The van der Waals surface area contributed by atoms with Crippen molar-refractivity contribution in [1.29, 1.82) is 0 Å². The van der Waals surface area contributed by atoms with Crippen molar-refractivity contribution in [3.63, 3.8) is 0 Å². The second-order valence-corrected chi connectivity index (χ2v) is 8.81. The fourth-order valence-electron chi connectivity index (χ4n) is 3.43. The first-order valence-corrected chi connectivity index (χ1v) is 11.0. The molecule has 1 saturated heterocycles. The van der Waals surface area contributed by atoms with Crippen molar-refractivity contribution in [1.82, 2.24) is 29.3 Å². The fraction of sp³-hybridized carbons (Fsp3) is 0.389. The van der Waals surface area contributed by atoms with E-state index in [0.717, 1.165) is 0 Å². The van der Waals surface area contributed by atoms with Crippen molar-refractivity contribution >= 4 is 38.6 Å². The number of hydrogen-bond acceptors (Lipinski definition) is 8. The van der Waals surface area contributed by atoms with Crippen molar-refractivity contribution < 1.29 is 13.2 Å². The second-order valence-electron chi connectivity index (χ2n) is 6.87. The van der Waals surface area contributed by atoms with Crippen molar-refractivity contribution in [2.45, 2.75) is 25.3 Å². The Morgan fingerprint density at radius 2 is 1.80 bits per heavy atom. The molecule has 0 radical (unpaired) electrons. The highest BCUT2D eigenvalue weighted by Gasteiger charge is 2.30. The Bertz CT molecular complexity index is 1170. The van der Waals surface area contributed by atoms with Gasteiger partial charge in [-0.15, -0.1) is 5.10 Å². The van der Waals surface area contributed by atoms with Crippen LogP contribution in [0.5, 0.6) is 0 Å². The number of nitrogens with zero attached hydrogens (tertiary/aromatic N) is 7. The molecule has 2 aromatic heterocycles. The van der Waals surface area contributed by atoms with Gasteiger partial charge in [-0.05, 0) is 31.2 Å². The quantitative estimate of drug-likeness (QED) is 0.627. The van der Waals surface area contributed by atoms with Gasteiger partial charge in [-0.1, -0.05) is 5.21 Å². The molecule has 1 aliphatic heterocycles. The van der Waals surface area contributed by atoms with Gasteiger partial charge in [0.05, 0.1) is 4.90 Å². The van der Waals surface area contributed by atoms with Gasteiger partial charge in [0.1, 0.15) is 6.33 Å². The molecule has 30 heavy (non-hydrogen) atoms. The molecule has 1 aromatic carbocycles. The first-order chi connectivity index (χ1) is 14.4. The summed E-state index contributed by atoms with van der Waals surface area (Å²) in [5, 5.41) is 10.9. The first-order valence-electron chi connectivity index (χ1n) is 9.57. The van der Waals surface area contributed by atoms with E-state index in [1.165, 1.54) is 29.7 Å². The van der Waals surface area contributed by atoms with Crippen LogP contribution in [0.15, 0.2) is 35.5 Å². The highest BCUT2D eigenvalue weighted by molar-refractivity contribution is 7.89. The van der Waals surface area contributed by atoms with E-state index in [1.807, 2.05) is 11.8 Å². The van der Waals surface area contributed by atoms with Crippen LogP contribution in [0, 0.1) is 0 Å². The Morgan fingerprint density at radius 3 is 2.43 bits per heavy atom. The normalized spacial score (nSPS) is 15.5. The standard InChI is InChI=1S/C18H22N8O3S/c1-3-26-18-16(22-23-26)17(19-12-20-18)24-8-10-25(11-9-24)30(28,29)15-6-4-14(5-7-15)21-13(2)27/h4-7,12H,3,8-11H2,1-2H3,(H,21,27). The summed E-state index contributed by atoms with van der Waals surface area (Å²) in [5.41, 5.74) is 1.83. The van der Waals surface area contributed by atoms with Crippen LogP contribution in [-0.2, 0) is 21.4 Å². The van der Waals surface area contributed by atoms with E-state index in [-0.39, 0.29) is 10.8 Å². The van der Waals surface area contributed by atoms with Crippen LogP contribution in [0.1, 0.15) is 13.8 Å². The molecule has 1 aliphatic rings. The van der Waals surface area contributed by atoms with Crippen molar-refractivity contribution in [2.24, 2.45) is 0 Å². The molecule has 0 atom stereocenters. The summed E-state index contributed by atoms with van der Waals surface area (Å²) in [6, 6.07) is 6.17. The second kappa shape index (κ2) is 7.95. The van der Waals surface area contributed by atoms with E-state index in [4.69, 9.17) is 0 Å². The molecule has 0 unspecified atom stereocenters. The van der Waals surface area contributed by atoms with Gasteiger partial charge < -0.3 is 10.2 Å². The van der Waals surface area contributed by atoms with Crippen LogP contribution in [0.3, 0.4) is 0 Å². The number of anilines is 2. The number of aryl methyl sites for hydroxylation is 1. The maximum atomic E-state index is 13.0. The SMILES string of the molecule is CCn1nnc2c(N3CCN(S(=O)(=O)c4ccc(NC(C)=O)cc4)CC3)ncnc21. The molecule has 3 aromatic rings. The number of benzene rings is 1. The Morgan fingerprint density at radius 1 is 1.10 bits per heavy atom. The zero-order valence-corrected chi connectivity index (χ0v) is 17.5. The van der Waals surface area contributed by atoms with E-state index in [9.17, 15) is 13.2 Å². The zero-order chi connectivity index (χ0) is 21.3. The third kappa shape index (κ3) is 3.71. The summed E-state index contributed by atoms with van der Waals surface area (Å²) in [5.74, 6) is 0.455. The molecule has 11 nitrogen and oxygen atoms in total. The number of sulfonamides is 1. The number of amides is 1. The summed E-state index contributed by atoms with van der Waals surface area (Å²) >= 11 is 0.